The second kappa shape index (κ2) is 6.98. The summed E-state index contributed by atoms with van der Waals surface area (Å²) in [5.74, 6) is 0.0935. The van der Waals surface area contributed by atoms with Crippen LogP contribution in [0.25, 0.3) is 0 Å². The van der Waals surface area contributed by atoms with Gasteiger partial charge in [0.05, 0.1) is 5.69 Å². The molecule has 4 nitrogen and oxygen atoms in total. The summed E-state index contributed by atoms with van der Waals surface area (Å²) in [6.07, 6.45) is 4.07. The van der Waals surface area contributed by atoms with Crippen LogP contribution in [0, 0.1) is 0 Å². The summed E-state index contributed by atoms with van der Waals surface area (Å²) in [6.45, 7) is 2.66. The zero-order valence-corrected chi connectivity index (χ0v) is 13.7. The molecule has 114 valence electrons. The first-order valence-corrected chi connectivity index (χ1v) is 8.52. The van der Waals surface area contributed by atoms with Crippen LogP contribution in [0.4, 0.5) is 5.69 Å². The molecule has 2 rings (SSSR count). The van der Waals surface area contributed by atoms with Gasteiger partial charge in [-0.1, -0.05) is 19.1 Å². The molecule has 1 aliphatic heterocycles. The van der Waals surface area contributed by atoms with E-state index in [-0.39, 0.29) is 17.9 Å². The minimum atomic E-state index is -0.347. The number of para-hydroxylation sites is 1. The standard InChI is InChI=1S/C16H22N2O2S/c1-4-12(18-11-7-10-15(18)19)16(20)17(2)13-8-5-6-9-14(13)21-3/h5-6,8-9,12H,4,7,10-11H2,1-3H3/t12-/m0/s1. The summed E-state index contributed by atoms with van der Waals surface area (Å²) in [6, 6.07) is 7.50. The fourth-order valence-corrected chi connectivity index (χ4v) is 3.40. The fraction of sp³-hybridized carbons (Fsp3) is 0.500. The van der Waals surface area contributed by atoms with Crippen molar-refractivity contribution in [3.05, 3.63) is 24.3 Å². The van der Waals surface area contributed by atoms with Crippen LogP contribution in [0.5, 0.6) is 0 Å². The first-order chi connectivity index (χ1) is 10.1. The number of anilines is 1. The van der Waals surface area contributed by atoms with E-state index < -0.39 is 0 Å². The lowest BCUT2D eigenvalue weighted by molar-refractivity contribution is -0.136. The Balaban J connectivity index is 2.22. The third kappa shape index (κ3) is 3.23. The Bertz CT molecular complexity index is 533. The van der Waals surface area contributed by atoms with E-state index in [4.69, 9.17) is 0 Å². The van der Waals surface area contributed by atoms with E-state index >= 15 is 0 Å². The molecule has 1 heterocycles. The van der Waals surface area contributed by atoms with Crippen molar-refractivity contribution in [1.82, 2.24) is 4.90 Å². The Morgan fingerprint density at radius 3 is 2.71 bits per heavy atom. The highest BCUT2D eigenvalue weighted by atomic mass is 32.2. The van der Waals surface area contributed by atoms with Crippen LogP contribution < -0.4 is 4.90 Å². The SMILES string of the molecule is CC[C@@H](C(=O)N(C)c1ccccc1SC)N1CCCC1=O. The Labute approximate surface area is 130 Å². The quantitative estimate of drug-likeness (QED) is 0.785. The number of amides is 2. The molecule has 2 amide bonds. The number of hydrogen-bond acceptors (Lipinski definition) is 3. The summed E-state index contributed by atoms with van der Waals surface area (Å²) < 4.78 is 0. The maximum atomic E-state index is 12.8. The molecule has 0 radical (unpaired) electrons. The normalized spacial score (nSPS) is 16.1. The number of likely N-dealkylation sites (N-methyl/N-ethyl adjacent to an activating group) is 1. The number of carbonyl (C=O) groups excluding carboxylic acids is 2. The van der Waals surface area contributed by atoms with Gasteiger partial charge in [-0.3, -0.25) is 9.59 Å². The average molecular weight is 306 g/mol. The van der Waals surface area contributed by atoms with Gasteiger partial charge >= 0.3 is 0 Å². The number of nitrogens with zero attached hydrogens (tertiary/aromatic N) is 2. The average Bonchev–Trinajstić information content (AvgIpc) is 2.93. The molecule has 1 aromatic rings. The first kappa shape index (κ1) is 15.9. The van der Waals surface area contributed by atoms with Crippen LogP contribution in [-0.2, 0) is 9.59 Å². The Morgan fingerprint density at radius 1 is 1.43 bits per heavy atom. The first-order valence-electron chi connectivity index (χ1n) is 7.30. The lowest BCUT2D eigenvalue weighted by Crippen LogP contribution is -2.48. The maximum absolute atomic E-state index is 12.8. The zero-order chi connectivity index (χ0) is 15.4. The van der Waals surface area contributed by atoms with Crippen molar-refractivity contribution in [2.45, 2.75) is 37.1 Å². The topological polar surface area (TPSA) is 40.6 Å². The summed E-state index contributed by atoms with van der Waals surface area (Å²) in [5.41, 5.74) is 0.903. The van der Waals surface area contributed by atoms with Gasteiger partial charge in [-0.15, -0.1) is 11.8 Å². The molecule has 21 heavy (non-hydrogen) atoms. The van der Waals surface area contributed by atoms with E-state index in [1.54, 1.807) is 28.6 Å². The van der Waals surface area contributed by atoms with E-state index in [0.29, 0.717) is 19.4 Å². The highest BCUT2D eigenvalue weighted by Crippen LogP contribution is 2.29. The van der Waals surface area contributed by atoms with E-state index in [1.807, 2.05) is 37.4 Å². The number of rotatable bonds is 5. The molecule has 0 bridgehead atoms. The lowest BCUT2D eigenvalue weighted by atomic mass is 10.1. The molecular formula is C16H22N2O2S. The largest absolute Gasteiger partial charge is 0.331 e. The fourth-order valence-electron chi connectivity index (χ4n) is 2.78. The predicted molar refractivity (Wildman–Crippen MR) is 86.7 cm³/mol. The molecule has 0 spiro atoms. The van der Waals surface area contributed by atoms with Gasteiger partial charge in [-0.2, -0.15) is 0 Å². The molecule has 1 aliphatic rings. The summed E-state index contributed by atoms with van der Waals surface area (Å²) in [7, 11) is 1.79. The van der Waals surface area contributed by atoms with Crippen molar-refractivity contribution in [3.8, 4) is 0 Å². The third-order valence-electron chi connectivity index (χ3n) is 3.94. The molecule has 1 fully saturated rings. The minimum absolute atomic E-state index is 0.00532. The summed E-state index contributed by atoms with van der Waals surface area (Å²) in [4.78, 5) is 29.2. The van der Waals surface area contributed by atoms with E-state index in [9.17, 15) is 9.59 Å². The maximum Gasteiger partial charge on any atom is 0.249 e. The third-order valence-corrected chi connectivity index (χ3v) is 4.72. The molecule has 5 heteroatoms. The lowest BCUT2D eigenvalue weighted by Gasteiger charge is -2.30. The van der Waals surface area contributed by atoms with Crippen LogP contribution in [-0.4, -0.2) is 42.6 Å². The van der Waals surface area contributed by atoms with E-state index in [0.717, 1.165) is 17.0 Å². The van der Waals surface area contributed by atoms with Crippen molar-refractivity contribution in [1.29, 1.82) is 0 Å². The molecule has 1 atom stereocenters. The summed E-state index contributed by atoms with van der Waals surface area (Å²) >= 11 is 1.62. The molecule has 0 unspecified atom stereocenters. The van der Waals surface area contributed by atoms with Gasteiger partial charge in [0.25, 0.3) is 0 Å². The molecule has 1 saturated heterocycles. The van der Waals surface area contributed by atoms with Gasteiger partial charge in [-0.25, -0.2) is 0 Å². The Hall–Kier alpha value is -1.49. The smallest absolute Gasteiger partial charge is 0.249 e. The molecule has 0 saturated carbocycles. The Morgan fingerprint density at radius 2 is 2.14 bits per heavy atom. The number of carbonyl (C=O) groups is 2. The van der Waals surface area contributed by atoms with Crippen molar-refractivity contribution < 1.29 is 9.59 Å². The number of benzene rings is 1. The van der Waals surface area contributed by atoms with Crippen LogP contribution in [0.3, 0.4) is 0 Å². The van der Waals surface area contributed by atoms with Crippen LogP contribution in [0.2, 0.25) is 0 Å². The molecule has 1 aromatic carbocycles. The second-order valence-electron chi connectivity index (χ2n) is 5.18. The number of thioether (sulfide) groups is 1. The van der Waals surface area contributed by atoms with Gasteiger partial charge in [0, 0.05) is 24.9 Å². The predicted octanol–water partition coefficient (Wildman–Crippen LogP) is 2.77. The van der Waals surface area contributed by atoms with Crippen molar-refractivity contribution in [3.63, 3.8) is 0 Å². The Kier molecular flexibility index (Phi) is 5.28. The number of hydrogen-bond donors (Lipinski definition) is 0. The molecule has 0 N–H and O–H groups in total. The highest BCUT2D eigenvalue weighted by molar-refractivity contribution is 7.98. The van der Waals surface area contributed by atoms with Crippen molar-refractivity contribution >= 4 is 29.3 Å². The van der Waals surface area contributed by atoms with Crippen molar-refractivity contribution in [2.24, 2.45) is 0 Å². The van der Waals surface area contributed by atoms with E-state index in [2.05, 4.69) is 0 Å². The molecule has 0 aliphatic carbocycles. The second-order valence-corrected chi connectivity index (χ2v) is 6.03. The van der Waals surface area contributed by atoms with Gasteiger partial charge in [0.1, 0.15) is 6.04 Å². The summed E-state index contributed by atoms with van der Waals surface area (Å²) in [5, 5.41) is 0. The van der Waals surface area contributed by atoms with Gasteiger partial charge in [0.15, 0.2) is 0 Å². The highest BCUT2D eigenvalue weighted by Gasteiger charge is 2.33. The van der Waals surface area contributed by atoms with Gasteiger partial charge < -0.3 is 9.80 Å². The monoisotopic (exact) mass is 306 g/mol. The van der Waals surface area contributed by atoms with Crippen LogP contribution >= 0.6 is 11.8 Å². The molecular weight excluding hydrogens is 284 g/mol. The van der Waals surface area contributed by atoms with E-state index in [1.165, 1.54) is 0 Å². The van der Waals surface area contributed by atoms with Crippen molar-refractivity contribution in [2.75, 3.05) is 24.7 Å². The van der Waals surface area contributed by atoms with Crippen LogP contribution in [0.15, 0.2) is 29.2 Å². The zero-order valence-electron chi connectivity index (χ0n) is 12.8. The molecule has 0 aromatic heterocycles. The van der Waals surface area contributed by atoms with Gasteiger partial charge in [0.2, 0.25) is 11.8 Å². The minimum Gasteiger partial charge on any atom is -0.331 e. The van der Waals surface area contributed by atoms with Gasteiger partial charge in [-0.05, 0) is 31.2 Å². The number of likely N-dealkylation sites (tertiary alicyclic amines) is 1. The van der Waals surface area contributed by atoms with Crippen LogP contribution in [0.1, 0.15) is 26.2 Å².